The molecular weight excluding hydrogens is 560 g/mol. The summed E-state index contributed by atoms with van der Waals surface area (Å²) in [6.07, 6.45) is 1.88. The van der Waals surface area contributed by atoms with Gasteiger partial charge in [0.2, 0.25) is 11.8 Å². The van der Waals surface area contributed by atoms with E-state index in [4.69, 9.17) is 4.74 Å². The fourth-order valence-corrected chi connectivity index (χ4v) is 5.89. The molecule has 0 saturated carbocycles. The van der Waals surface area contributed by atoms with Crippen LogP contribution in [0.2, 0.25) is 0 Å². The van der Waals surface area contributed by atoms with E-state index in [1.54, 1.807) is 44.6 Å². The summed E-state index contributed by atoms with van der Waals surface area (Å²) in [4.78, 5) is 58.0. The third-order valence-electron chi connectivity index (χ3n) is 8.08. The maximum atomic E-state index is 14.7. The summed E-state index contributed by atoms with van der Waals surface area (Å²) in [6.45, 7) is 9.71. The first-order valence-corrected chi connectivity index (χ1v) is 15.1. The second kappa shape index (κ2) is 12.3. The molecule has 0 radical (unpaired) electrons. The van der Waals surface area contributed by atoms with Crippen LogP contribution in [0.1, 0.15) is 52.2 Å². The Bertz CT molecular complexity index is 1530. The zero-order valence-corrected chi connectivity index (χ0v) is 26.0. The zero-order valence-electron chi connectivity index (χ0n) is 26.0. The molecule has 3 atom stereocenters. The summed E-state index contributed by atoms with van der Waals surface area (Å²) in [6, 6.07) is 15.9. The van der Waals surface area contributed by atoms with Gasteiger partial charge in [0, 0.05) is 30.1 Å². The predicted octanol–water partition coefficient (Wildman–Crippen LogP) is 3.26. The van der Waals surface area contributed by atoms with E-state index in [0.717, 1.165) is 22.0 Å². The number of nitrogens with zero attached hydrogens (tertiary/aromatic N) is 2. The van der Waals surface area contributed by atoms with Crippen LogP contribution < -0.4 is 16.0 Å². The smallest absolute Gasteiger partial charge is 0.408 e. The van der Waals surface area contributed by atoms with Crippen LogP contribution in [0.3, 0.4) is 0 Å². The van der Waals surface area contributed by atoms with Crippen molar-refractivity contribution in [3.05, 3.63) is 71.9 Å². The van der Waals surface area contributed by atoms with E-state index in [9.17, 15) is 19.2 Å². The lowest BCUT2D eigenvalue weighted by Gasteiger charge is -2.37. The van der Waals surface area contributed by atoms with Crippen LogP contribution in [-0.2, 0) is 32.1 Å². The van der Waals surface area contributed by atoms with Crippen LogP contribution in [-0.4, -0.2) is 75.1 Å². The van der Waals surface area contributed by atoms with Crippen molar-refractivity contribution in [2.45, 2.75) is 77.2 Å². The molecule has 0 spiro atoms. The van der Waals surface area contributed by atoms with Crippen molar-refractivity contribution in [1.29, 1.82) is 0 Å². The third-order valence-corrected chi connectivity index (χ3v) is 8.08. The van der Waals surface area contributed by atoms with Crippen molar-refractivity contribution < 1.29 is 23.9 Å². The first-order valence-electron chi connectivity index (χ1n) is 15.1. The van der Waals surface area contributed by atoms with Crippen LogP contribution >= 0.6 is 0 Å². The number of hydrogen-bond donors (Lipinski definition) is 4. The minimum absolute atomic E-state index is 0.122. The number of aromatic nitrogens is 1. The fraction of sp³-hybridized carbons (Fsp3) is 0.455. The SMILES string of the molecule is CC(C)(C)OC(=O)NC(C)(C)C(=O)N[C@H](Cc1c[nH]c2ccccc12)C(=O)N1C2CCNCC2C(=O)N1Cc1ccccc1. The van der Waals surface area contributed by atoms with Gasteiger partial charge in [-0.15, -0.1) is 0 Å². The van der Waals surface area contributed by atoms with Gasteiger partial charge in [-0.1, -0.05) is 48.5 Å². The largest absolute Gasteiger partial charge is 0.444 e. The average Bonchev–Trinajstić information content (AvgIpc) is 3.50. The molecule has 234 valence electrons. The second-order valence-corrected chi connectivity index (χ2v) is 13.1. The van der Waals surface area contributed by atoms with Crippen molar-refractivity contribution in [2.24, 2.45) is 5.92 Å². The van der Waals surface area contributed by atoms with E-state index >= 15 is 0 Å². The Morgan fingerprint density at radius 1 is 1.02 bits per heavy atom. The first kappa shape index (κ1) is 31.1. The fourth-order valence-electron chi connectivity index (χ4n) is 5.89. The molecular formula is C33H42N6O5. The molecule has 11 heteroatoms. The molecule has 0 aliphatic carbocycles. The van der Waals surface area contributed by atoms with Gasteiger partial charge in [-0.2, -0.15) is 0 Å². The number of piperidine rings is 1. The van der Waals surface area contributed by atoms with Crippen LogP contribution in [0.25, 0.3) is 10.9 Å². The number of amides is 4. The average molecular weight is 603 g/mol. The Morgan fingerprint density at radius 2 is 1.73 bits per heavy atom. The van der Waals surface area contributed by atoms with Gasteiger partial charge in [0.1, 0.15) is 17.2 Å². The van der Waals surface area contributed by atoms with E-state index in [0.29, 0.717) is 19.5 Å². The van der Waals surface area contributed by atoms with Crippen LogP contribution in [0.15, 0.2) is 60.8 Å². The molecule has 2 aliphatic heterocycles. The highest BCUT2D eigenvalue weighted by Gasteiger charge is 2.51. The molecule has 3 aromatic rings. The number of aromatic amines is 1. The molecule has 5 rings (SSSR count). The van der Waals surface area contributed by atoms with Crippen molar-refractivity contribution >= 4 is 34.7 Å². The monoisotopic (exact) mass is 602 g/mol. The zero-order chi connectivity index (χ0) is 31.6. The molecule has 2 saturated heterocycles. The number of carbonyl (C=O) groups excluding carboxylic acids is 4. The van der Waals surface area contributed by atoms with Crippen molar-refractivity contribution in [3.8, 4) is 0 Å². The van der Waals surface area contributed by atoms with E-state index in [1.165, 1.54) is 0 Å². The Hall–Kier alpha value is -4.38. The van der Waals surface area contributed by atoms with E-state index < -0.39 is 29.2 Å². The molecule has 2 aromatic carbocycles. The van der Waals surface area contributed by atoms with E-state index in [-0.39, 0.29) is 36.7 Å². The van der Waals surface area contributed by atoms with Gasteiger partial charge in [-0.25, -0.2) is 14.8 Å². The molecule has 2 aliphatic rings. The number of rotatable bonds is 8. The van der Waals surface area contributed by atoms with E-state index in [2.05, 4.69) is 20.9 Å². The van der Waals surface area contributed by atoms with E-state index in [1.807, 2.05) is 60.8 Å². The normalized spacial score (nSPS) is 19.4. The maximum absolute atomic E-state index is 14.7. The molecule has 3 heterocycles. The number of benzene rings is 2. The highest BCUT2D eigenvalue weighted by molar-refractivity contribution is 5.96. The quantitative estimate of drug-likeness (QED) is 0.313. The number of hydrogen-bond acceptors (Lipinski definition) is 6. The van der Waals surface area contributed by atoms with Crippen molar-refractivity contribution in [2.75, 3.05) is 13.1 Å². The van der Waals surface area contributed by atoms with Gasteiger partial charge in [0.05, 0.1) is 18.5 Å². The van der Waals surface area contributed by atoms with Gasteiger partial charge in [0.25, 0.3) is 5.91 Å². The summed E-state index contributed by atoms with van der Waals surface area (Å²) in [5.74, 6) is -1.44. The molecule has 4 N–H and O–H groups in total. The Morgan fingerprint density at radius 3 is 2.45 bits per heavy atom. The summed E-state index contributed by atoms with van der Waals surface area (Å²) in [5.41, 5.74) is 0.500. The van der Waals surface area contributed by atoms with Crippen molar-refractivity contribution in [1.82, 2.24) is 31.0 Å². The minimum atomic E-state index is -1.40. The number of ether oxygens (including phenoxy) is 1. The standard InChI is InChI=1S/C33H42N6O5/c1-32(2,3)44-31(43)37-33(4,5)30(42)36-26(17-22-18-35-25-14-10-9-13-23(22)25)29(41)39-27-15-16-34-19-24(27)28(40)38(39)20-21-11-7-6-8-12-21/h6-14,18,24,26-27,34-35H,15-17,19-20H2,1-5H3,(H,36,42)(H,37,43)/t24?,26-,27?/m1/s1. The number of nitrogens with one attached hydrogen (secondary N) is 4. The second-order valence-electron chi connectivity index (χ2n) is 13.1. The van der Waals surface area contributed by atoms with Crippen molar-refractivity contribution in [3.63, 3.8) is 0 Å². The summed E-state index contributed by atoms with van der Waals surface area (Å²) >= 11 is 0. The number of hydrazine groups is 1. The van der Waals surface area contributed by atoms with Crippen LogP contribution in [0.5, 0.6) is 0 Å². The molecule has 44 heavy (non-hydrogen) atoms. The first-order chi connectivity index (χ1) is 20.8. The number of alkyl carbamates (subject to hydrolysis) is 1. The molecule has 2 fully saturated rings. The topological polar surface area (TPSA) is 136 Å². The molecule has 1 aromatic heterocycles. The highest BCUT2D eigenvalue weighted by atomic mass is 16.6. The Kier molecular flexibility index (Phi) is 8.69. The lowest BCUT2D eigenvalue weighted by atomic mass is 9.93. The Labute approximate surface area is 257 Å². The van der Waals surface area contributed by atoms with Gasteiger partial charge in [-0.3, -0.25) is 14.4 Å². The molecule has 2 unspecified atom stereocenters. The van der Waals surface area contributed by atoms with Crippen LogP contribution in [0.4, 0.5) is 4.79 Å². The maximum Gasteiger partial charge on any atom is 0.408 e. The minimum Gasteiger partial charge on any atom is -0.444 e. The lowest BCUT2D eigenvalue weighted by Crippen LogP contribution is -2.62. The molecule has 0 bridgehead atoms. The lowest BCUT2D eigenvalue weighted by molar-refractivity contribution is -0.160. The van der Waals surface area contributed by atoms with Gasteiger partial charge in [-0.05, 0) is 64.8 Å². The molecule has 11 nitrogen and oxygen atoms in total. The highest BCUT2D eigenvalue weighted by Crippen LogP contribution is 2.32. The van der Waals surface area contributed by atoms with Gasteiger partial charge < -0.3 is 25.7 Å². The number of carbonyl (C=O) groups is 4. The number of fused-ring (bicyclic) bond motifs is 2. The molecule has 4 amide bonds. The van der Waals surface area contributed by atoms with Gasteiger partial charge in [0.15, 0.2) is 0 Å². The van der Waals surface area contributed by atoms with Crippen LogP contribution in [0, 0.1) is 5.92 Å². The predicted molar refractivity (Wildman–Crippen MR) is 166 cm³/mol. The Balaban J connectivity index is 1.47. The number of para-hydroxylation sites is 1. The summed E-state index contributed by atoms with van der Waals surface area (Å²) in [5, 5.41) is 12.9. The summed E-state index contributed by atoms with van der Waals surface area (Å²) < 4.78 is 5.37. The third kappa shape index (κ3) is 6.72. The van der Waals surface area contributed by atoms with Gasteiger partial charge >= 0.3 is 6.09 Å². The summed E-state index contributed by atoms with van der Waals surface area (Å²) in [7, 11) is 0. The number of H-pyrrole nitrogens is 1.